The Bertz CT molecular complexity index is 2770. The van der Waals surface area contributed by atoms with Crippen LogP contribution in [0.15, 0.2) is 107 Å². The monoisotopic (exact) mass is 1190 g/mol. The van der Waals surface area contributed by atoms with E-state index in [0.717, 1.165) is 11.1 Å². The van der Waals surface area contributed by atoms with E-state index in [-0.39, 0.29) is 88.5 Å². The van der Waals surface area contributed by atoms with Crippen molar-refractivity contribution >= 4 is 89.5 Å². The fourth-order valence-corrected chi connectivity index (χ4v) is 15.6. The molecule has 19 heteroatoms. The first-order chi connectivity index (χ1) is 36.9. The fourth-order valence-electron chi connectivity index (χ4n) is 11.7. The molecule has 8 atom stereocenters. The normalized spacial score (nSPS) is 23.1. The van der Waals surface area contributed by atoms with Gasteiger partial charge in [0.1, 0.15) is 0 Å². The first-order valence-corrected chi connectivity index (χ1v) is 32.1. The summed E-state index contributed by atoms with van der Waals surface area (Å²) in [4.78, 5) is 63.3. The van der Waals surface area contributed by atoms with Gasteiger partial charge in [0.25, 0.3) is 0 Å². The molecular weight excluding hydrogens is 1110 g/mol. The molecule has 4 aliphatic rings. The zero-order valence-corrected chi connectivity index (χ0v) is 49.9. The van der Waals surface area contributed by atoms with Crippen molar-refractivity contribution in [3.05, 3.63) is 128 Å². The van der Waals surface area contributed by atoms with Gasteiger partial charge in [0.2, 0.25) is 11.8 Å². The lowest BCUT2D eigenvalue weighted by Gasteiger charge is -2.33. The molecule has 78 heavy (non-hydrogen) atoms. The van der Waals surface area contributed by atoms with Crippen molar-refractivity contribution in [1.29, 1.82) is 0 Å². The lowest BCUT2D eigenvalue weighted by atomic mass is 9.94. The molecule has 0 radical (unpaired) electrons. The standard InChI is InChI=1S/C30H38Cl2N2O4S.C29H37Cl2N3O4S/c1-20(2)15-27(29(35)12-10-22-9-11-25(31)26(32)17-22)33-14-13-23(34-18-21(3)16-28(34)30(33)36)19-39(37,38)24-7-5-4-6-8-24;1-19(2)14-26(28(35)11-9-20-8-10-24(30)25(31)15-20)33-13-12-22(34-17-21(32)16-27(34)29(33)36)18-39(37,38)23-6-4-3-5-7-23/h4-9,11,17,20-21,23,27-28H,10,12-16,18-19H2,1-3H3;3-8,10,15,19,21-22,26-27H,9,11-14,16-18,32H2,1-2H3/t21-,23?,27-,28+;21-,22?,26-,27+/m11/s1. The van der Waals surface area contributed by atoms with E-state index in [9.17, 15) is 36.0 Å². The summed E-state index contributed by atoms with van der Waals surface area (Å²) in [6, 6.07) is 24.7. The molecule has 2 unspecified atom stereocenters. The Balaban J connectivity index is 0.000000226. The molecule has 4 saturated heterocycles. The van der Waals surface area contributed by atoms with Gasteiger partial charge in [0.15, 0.2) is 31.2 Å². The van der Waals surface area contributed by atoms with Crippen LogP contribution in [-0.4, -0.2) is 140 Å². The zero-order chi connectivity index (χ0) is 56.6. The van der Waals surface area contributed by atoms with Crippen molar-refractivity contribution in [2.24, 2.45) is 23.5 Å². The number of Topliss-reactive ketones (excluding diaryl/α,β-unsaturated/α-hetero) is 2. The highest BCUT2D eigenvalue weighted by Gasteiger charge is 2.48. The SMILES string of the molecule is CC(C)C[C@H](C(=O)CCc1ccc(Cl)c(Cl)c1)N1CCC(CS(=O)(=O)c2ccccc2)N2C[C@H](C)C[C@H]2C1=O.CC(C)C[C@H](C(=O)CCc1ccc(Cl)c(Cl)c1)N1CCC(CS(=O)(=O)c2ccccc2)N2C[C@H](N)C[C@H]2C1=O. The maximum Gasteiger partial charge on any atom is 0.240 e. The van der Waals surface area contributed by atoms with Gasteiger partial charge in [-0.3, -0.25) is 29.0 Å². The van der Waals surface area contributed by atoms with E-state index in [1.54, 1.807) is 94.7 Å². The molecule has 2 N–H and O–H groups in total. The van der Waals surface area contributed by atoms with Crippen LogP contribution in [0.3, 0.4) is 0 Å². The predicted molar refractivity (Wildman–Crippen MR) is 311 cm³/mol. The number of hydrogen-bond acceptors (Lipinski definition) is 11. The number of nitrogens with zero attached hydrogens (tertiary/aromatic N) is 4. The number of amides is 2. The number of rotatable bonds is 20. The van der Waals surface area contributed by atoms with Crippen LogP contribution < -0.4 is 5.73 Å². The summed E-state index contributed by atoms with van der Waals surface area (Å²) in [5, 5.41) is 1.83. The van der Waals surface area contributed by atoms with Gasteiger partial charge in [-0.1, -0.05) is 130 Å². The van der Waals surface area contributed by atoms with E-state index in [1.807, 2.05) is 30.9 Å². The molecule has 0 spiro atoms. The van der Waals surface area contributed by atoms with Gasteiger partial charge < -0.3 is 15.5 Å². The van der Waals surface area contributed by atoms with Crippen LogP contribution in [0.5, 0.6) is 0 Å². The lowest BCUT2D eigenvalue weighted by Crippen LogP contribution is -2.51. The van der Waals surface area contributed by atoms with Crippen LogP contribution in [-0.2, 0) is 51.7 Å². The summed E-state index contributed by atoms with van der Waals surface area (Å²) in [5.74, 6) is 0.383. The fraction of sp³-hybridized carbons (Fsp3) is 0.525. The number of halogens is 4. The summed E-state index contributed by atoms with van der Waals surface area (Å²) in [6.45, 7) is 12.1. The molecule has 4 heterocycles. The Morgan fingerprint density at radius 2 is 0.974 bits per heavy atom. The molecule has 8 rings (SSSR count). The minimum Gasteiger partial charge on any atom is -0.331 e. The van der Waals surface area contributed by atoms with Gasteiger partial charge in [-0.05, 0) is 129 Å². The number of hydrogen-bond donors (Lipinski definition) is 1. The maximum absolute atomic E-state index is 14.0. The second kappa shape index (κ2) is 27.2. The molecule has 0 saturated carbocycles. The Morgan fingerprint density at radius 1 is 0.577 bits per heavy atom. The van der Waals surface area contributed by atoms with Gasteiger partial charge in [-0.25, -0.2) is 16.8 Å². The lowest BCUT2D eigenvalue weighted by molar-refractivity contribution is -0.142. The molecule has 13 nitrogen and oxygen atoms in total. The van der Waals surface area contributed by atoms with Gasteiger partial charge in [0, 0.05) is 57.1 Å². The summed E-state index contributed by atoms with van der Waals surface area (Å²) in [5.41, 5.74) is 8.12. The zero-order valence-electron chi connectivity index (χ0n) is 45.3. The number of carbonyl (C=O) groups is 4. The topological polar surface area (TPSA) is 176 Å². The molecule has 0 aliphatic carbocycles. The van der Waals surface area contributed by atoms with Gasteiger partial charge in [-0.2, -0.15) is 0 Å². The Kier molecular flexibility index (Phi) is 21.6. The van der Waals surface area contributed by atoms with E-state index in [2.05, 4.69) is 25.7 Å². The second-order valence-corrected chi connectivity index (χ2v) is 28.3. The minimum absolute atomic E-state index is 0.00711. The molecule has 4 aliphatic heterocycles. The first kappa shape index (κ1) is 61.7. The summed E-state index contributed by atoms with van der Waals surface area (Å²) >= 11 is 24.4. The van der Waals surface area contributed by atoms with Crippen molar-refractivity contribution in [2.75, 3.05) is 37.7 Å². The number of aryl methyl sites for hydroxylation is 2. The minimum atomic E-state index is -3.57. The molecular formula is C59H75Cl4N5O8S2. The van der Waals surface area contributed by atoms with E-state index in [4.69, 9.17) is 52.1 Å². The van der Waals surface area contributed by atoms with Crippen LogP contribution in [0.4, 0.5) is 0 Å². The molecule has 2 amide bonds. The Morgan fingerprint density at radius 3 is 1.37 bits per heavy atom. The molecule has 4 aromatic carbocycles. The number of sulfone groups is 2. The smallest absolute Gasteiger partial charge is 0.240 e. The highest BCUT2D eigenvalue weighted by atomic mass is 35.5. The number of fused-ring (bicyclic) bond motifs is 2. The van der Waals surface area contributed by atoms with Crippen molar-refractivity contribution in [1.82, 2.24) is 19.6 Å². The summed E-state index contributed by atoms with van der Waals surface area (Å²) < 4.78 is 53.1. The molecule has 0 bridgehead atoms. The summed E-state index contributed by atoms with van der Waals surface area (Å²) in [6.07, 6.45) is 4.74. The second-order valence-electron chi connectivity index (χ2n) is 22.6. The number of ketones is 2. The average molecular weight is 1190 g/mol. The maximum atomic E-state index is 14.0. The highest BCUT2D eigenvalue weighted by Crippen LogP contribution is 2.35. The van der Waals surface area contributed by atoms with Crippen molar-refractivity contribution in [3.63, 3.8) is 0 Å². The van der Waals surface area contributed by atoms with Crippen LogP contribution >= 0.6 is 46.4 Å². The van der Waals surface area contributed by atoms with Crippen LogP contribution in [0.1, 0.15) is 97.1 Å². The average Bonchev–Trinajstić information content (AvgIpc) is 4.07. The predicted octanol–water partition coefficient (Wildman–Crippen LogP) is 10.1. The van der Waals surface area contributed by atoms with E-state index >= 15 is 0 Å². The molecule has 4 fully saturated rings. The van der Waals surface area contributed by atoms with Gasteiger partial charge in [0.05, 0.1) is 65.6 Å². The van der Waals surface area contributed by atoms with Crippen molar-refractivity contribution in [3.8, 4) is 0 Å². The largest absolute Gasteiger partial charge is 0.331 e. The van der Waals surface area contributed by atoms with Crippen molar-refractivity contribution in [2.45, 2.75) is 151 Å². The summed E-state index contributed by atoms with van der Waals surface area (Å²) in [7, 11) is -7.10. The van der Waals surface area contributed by atoms with E-state index in [0.29, 0.717) is 103 Å². The molecule has 0 aromatic heterocycles. The number of carbonyl (C=O) groups excluding carboxylic acids is 4. The molecule has 424 valence electrons. The van der Waals surface area contributed by atoms with Gasteiger partial charge >= 0.3 is 0 Å². The van der Waals surface area contributed by atoms with E-state index < -0.39 is 43.8 Å². The molecule has 4 aromatic rings. The third-order valence-electron chi connectivity index (χ3n) is 15.6. The van der Waals surface area contributed by atoms with E-state index in [1.165, 1.54) is 0 Å². The van der Waals surface area contributed by atoms with Crippen LogP contribution in [0, 0.1) is 17.8 Å². The highest BCUT2D eigenvalue weighted by molar-refractivity contribution is 7.91. The van der Waals surface area contributed by atoms with Crippen molar-refractivity contribution < 1.29 is 36.0 Å². The number of benzene rings is 4. The number of nitrogens with two attached hydrogens (primary N) is 1. The first-order valence-electron chi connectivity index (χ1n) is 27.3. The van der Waals surface area contributed by atoms with Crippen LogP contribution in [0.25, 0.3) is 0 Å². The Labute approximate surface area is 482 Å². The Hall–Kier alpha value is -3.90. The third-order valence-corrected chi connectivity index (χ3v) is 20.7. The quantitative estimate of drug-likeness (QED) is 0.0892. The van der Waals surface area contributed by atoms with Crippen LogP contribution in [0.2, 0.25) is 20.1 Å². The third kappa shape index (κ3) is 15.8. The van der Waals surface area contributed by atoms with Gasteiger partial charge in [-0.15, -0.1) is 0 Å².